The zero-order chi connectivity index (χ0) is 17.1. The fourth-order valence-electron chi connectivity index (χ4n) is 3.37. The van der Waals surface area contributed by atoms with Crippen LogP contribution in [0.5, 0.6) is 5.75 Å². The number of anilines is 1. The number of carbonyl (C=O) groups is 1. The molecule has 2 amide bonds. The molecule has 2 bridgehead atoms. The summed E-state index contributed by atoms with van der Waals surface area (Å²) >= 11 is 3.41. The van der Waals surface area contributed by atoms with Gasteiger partial charge in [-0.2, -0.15) is 0 Å². The summed E-state index contributed by atoms with van der Waals surface area (Å²) in [6.07, 6.45) is 0.443. The Kier molecular flexibility index (Phi) is 3.32. The lowest BCUT2D eigenvalue weighted by atomic mass is 9.90. The smallest absolute Gasteiger partial charge is 0.325 e. The van der Waals surface area contributed by atoms with Crippen molar-refractivity contribution in [1.82, 2.24) is 5.32 Å². The van der Waals surface area contributed by atoms with E-state index in [1.54, 1.807) is 13.0 Å². The maximum atomic E-state index is 14.2. The van der Waals surface area contributed by atoms with Crippen LogP contribution in [0.2, 0.25) is 0 Å². The largest absolute Gasteiger partial charge is 0.467 e. The summed E-state index contributed by atoms with van der Waals surface area (Å²) in [6.45, 7) is 1.73. The Bertz CT molecular complexity index is 860. The minimum absolute atomic E-state index is 0.0181. The monoisotopic (exact) mass is 394 g/mol. The molecule has 24 heavy (non-hydrogen) atoms. The van der Waals surface area contributed by atoms with E-state index < -0.39 is 23.4 Å². The Labute approximate surface area is 145 Å². The van der Waals surface area contributed by atoms with Gasteiger partial charge in [-0.1, -0.05) is 15.9 Å². The first kappa shape index (κ1) is 15.4. The molecule has 0 aliphatic carbocycles. The van der Waals surface area contributed by atoms with Gasteiger partial charge in [-0.05, 0) is 37.3 Å². The molecule has 0 unspecified atom stereocenters. The molecule has 0 aromatic heterocycles. The molecular formula is C17H13BrF2N2O2. The molecule has 1 fully saturated rings. The van der Waals surface area contributed by atoms with Crippen LogP contribution in [-0.4, -0.2) is 11.8 Å². The van der Waals surface area contributed by atoms with E-state index in [0.717, 1.165) is 22.2 Å². The normalized spacial score (nSPS) is 24.9. The van der Waals surface area contributed by atoms with E-state index in [4.69, 9.17) is 4.74 Å². The first-order valence-electron chi connectivity index (χ1n) is 7.42. The van der Waals surface area contributed by atoms with E-state index in [2.05, 4.69) is 21.2 Å². The summed E-state index contributed by atoms with van der Waals surface area (Å²) in [4.78, 5) is 13.8. The Hall–Kier alpha value is -2.15. The second-order valence-electron chi connectivity index (χ2n) is 6.10. The van der Waals surface area contributed by atoms with E-state index in [9.17, 15) is 13.6 Å². The molecule has 2 atom stereocenters. The molecule has 2 aliphatic heterocycles. The number of nitrogens with one attached hydrogen (secondary N) is 1. The van der Waals surface area contributed by atoms with E-state index in [1.807, 2.05) is 12.1 Å². The van der Waals surface area contributed by atoms with E-state index in [-0.39, 0.29) is 11.7 Å². The van der Waals surface area contributed by atoms with Gasteiger partial charge in [0.1, 0.15) is 17.4 Å². The third-order valence-corrected chi connectivity index (χ3v) is 4.88. The van der Waals surface area contributed by atoms with E-state index in [1.165, 1.54) is 11.0 Å². The SMILES string of the molecule is C[C@]12C[C@H](NC(=O)N1c1ccc(F)cc1F)c1cc(Br)ccc1O2. The number of hydrogen-bond donors (Lipinski definition) is 1. The van der Waals surface area contributed by atoms with Crippen molar-refractivity contribution in [3.8, 4) is 5.75 Å². The van der Waals surface area contributed by atoms with E-state index >= 15 is 0 Å². The van der Waals surface area contributed by atoms with Gasteiger partial charge in [0, 0.05) is 22.5 Å². The molecule has 4 rings (SSSR count). The summed E-state index contributed by atoms with van der Waals surface area (Å²) in [6, 6.07) is 7.95. The van der Waals surface area contributed by atoms with Gasteiger partial charge in [0.25, 0.3) is 0 Å². The zero-order valence-electron chi connectivity index (χ0n) is 12.6. The molecule has 0 spiro atoms. The number of carbonyl (C=O) groups excluding carboxylic acids is 1. The molecule has 2 aliphatic rings. The number of hydrogen-bond acceptors (Lipinski definition) is 2. The maximum Gasteiger partial charge on any atom is 0.325 e. The first-order valence-corrected chi connectivity index (χ1v) is 8.21. The average Bonchev–Trinajstić information content (AvgIpc) is 2.50. The number of ether oxygens (including phenoxy) is 1. The maximum absolute atomic E-state index is 14.2. The van der Waals surface area contributed by atoms with Gasteiger partial charge in [-0.15, -0.1) is 0 Å². The van der Waals surface area contributed by atoms with Crippen LogP contribution >= 0.6 is 15.9 Å². The standard InChI is InChI=1S/C17H13BrF2N2O2/c1-17-8-13(11-6-9(18)2-5-15(11)24-17)21-16(23)22(17)14-4-3-10(19)7-12(14)20/h2-7,13H,8H2,1H3,(H,21,23)/t13-,17-/m0/s1. The molecule has 1 saturated heterocycles. The highest BCUT2D eigenvalue weighted by atomic mass is 79.9. The lowest BCUT2D eigenvalue weighted by molar-refractivity contribution is 0.0373. The van der Waals surface area contributed by atoms with Crippen molar-refractivity contribution in [3.05, 3.63) is 58.1 Å². The molecular weight excluding hydrogens is 382 g/mol. The average molecular weight is 395 g/mol. The summed E-state index contributed by atoms with van der Waals surface area (Å²) in [5.41, 5.74) is -0.211. The molecule has 0 radical (unpaired) electrons. The van der Waals surface area contributed by atoms with Gasteiger partial charge >= 0.3 is 6.03 Å². The highest BCUT2D eigenvalue weighted by molar-refractivity contribution is 9.10. The number of urea groups is 1. The number of nitrogens with zero attached hydrogens (tertiary/aromatic N) is 1. The Morgan fingerprint density at radius 3 is 2.83 bits per heavy atom. The molecule has 2 heterocycles. The van der Waals surface area contributed by atoms with Crippen LogP contribution in [0.1, 0.15) is 24.9 Å². The third kappa shape index (κ3) is 2.26. The molecule has 0 saturated carbocycles. The van der Waals surface area contributed by atoms with Gasteiger partial charge in [-0.25, -0.2) is 13.6 Å². The van der Waals surface area contributed by atoms with Crippen LogP contribution in [0, 0.1) is 11.6 Å². The van der Waals surface area contributed by atoms with Crippen LogP contribution in [0.3, 0.4) is 0 Å². The summed E-state index contributed by atoms with van der Waals surface area (Å²) in [5.74, 6) is -0.879. The fourth-order valence-corrected chi connectivity index (χ4v) is 3.75. The molecule has 124 valence electrons. The lowest BCUT2D eigenvalue weighted by Gasteiger charge is -2.50. The van der Waals surface area contributed by atoms with Gasteiger partial charge < -0.3 is 10.1 Å². The second-order valence-corrected chi connectivity index (χ2v) is 7.01. The molecule has 2 aromatic carbocycles. The van der Waals surface area contributed by atoms with Crippen molar-refractivity contribution in [2.75, 3.05) is 4.90 Å². The summed E-state index contributed by atoms with van der Waals surface area (Å²) < 4.78 is 34.4. The lowest BCUT2D eigenvalue weighted by Crippen LogP contribution is -2.65. The van der Waals surface area contributed by atoms with Gasteiger partial charge in [0.15, 0.2) is 5.72 Å². The van der Waals surface area contributed by atoms with Crippen molar-refractivity contribution >= 4 is 27.6 Å². The topological polar surface area (TPSA) is 41.6 Å². The number of fused-ring (bicyclic) bond motifs is 4. The van der Waals surface area contributed by atoms with Crippen molar-refractivity contribution in [2.45, 2.75) is 25.1 Å². The van der Waals surface area contributed by atoms with Crippen molar-refractivity contribution in [3.63, 3.8) is 0 Å². The predicted molar refractivity (Wildman–Crippen MR) is 87.9 cm³/mol. The number of amides is 2. The quantitative estimate of drug-likeness (QED) is 0.773. The molecule has 7 heteroatoms. The summed E-state index contributed by atoms with van der Waals surface area (Å²) in [7, 11) is 0. The highest BCUT2D eigenvalue weighted by Gasteiger charge is 2.50. The van der Waals surface area contributed by atoms with Crippen LogP contribution in [0.4, 0.5) is 19.3 Å². The Morgan fingerprint density at radius 1 is 1.29 bits per heavy atom. The Balaban J connectivity index is 1.82. The Morgan fingerprint density at radius 2 is 2.08 bits per heavy atom. The molecule has 1 N–H and O–H groups in total. The van der Waals surface area contributed by atoms with Crippen LogP contribution in [0.25, 0.3) is 0 Å². The van der Waals surface area contributed by atoms with Gasteiger partial charge in [0.05, 0.1) is 11.7 Å². The first-order chi connectivity index (χ1) is 11.4. The van der Waals surface area contributed by atoms with Crippen LogP contribution in [0.15, 0.2) is 40.9 Å². The van der Waals surface area contributed by atoms with Crippen LogP contribution in [-0.2, 0) is 0 Å². The van der Waals surface area contributed by atoms with Gasteiger partial charge in [-0.3, -0.25) is 4.90 Å². The molecule has 2 aromatic rings. The van der Waals surface area contributed by atoms with Crippen molar-refractivity contribution < 1.29 is 18.3 Å². The second kappa shape index (κ2) is 5.17. The predicted octanol–water partition coefficient (Wildman–Crippen LogP) is 4.50. The summed E-state index contributed by atoms with van der Waals surface area (Å²) in [5, 5.41) is 2.87. The van der Waals surface area contributed by atoms with Crippen molar-refractivity contribution in [2.24, 2.45) is 0 Å². The number of benzene rings is 2. The minimum Gasteiger partial charge on any atom is -0.467 e. The van der Waals surface area contributed by atoms with E-state index in [0.29, 0.717) is 12.2 Å². The number of rotatable bonds is 1. The van der Waals surface area contributed by atoms with Gasteiger partial charge in [0.2, 0.25) is 0 Å². The minimum atomic E-state index is -1.06. The highest BCUT2D eigenvalue weighted by Crippen LogP contribution is 2.46. The van der Waals surface area contributed by atoms with Crippen molar-refractivity contribution in [1.29, 1.82) is 0 Å². The number of halogens is 3. The van der Waals surface area contributed by atoms with Crippen LogP contribution < -0.4 is 15.0 Å². The zero-order valence-corrected chi connectivity index (χ0v) is 14.2. The third-order valence-electron chi connectivity index (χ3n) is 4.38. The molecule has 4 nitrogen and oxygen atoms in total. The fraction of sp³-hybridized carbons (Fsp3) is 0.235.